The summed E-state index contributed by atoms with van der Waals surface area (Å²) in [5, 5.41) is 0. The molecule has 0 amide bonds. The monoisotopic (exact) mass is 228 g/mol. The van der Waals surface area contributed by atoms with Crippen LogP contribution in [0.1, 0.15) is 11.1 Å². The first-order chi connectivity index (χ1) is 7.50. The first kappa shape index (κ1) is 10.7. The third-order valence-electron chi connectivity index (χ3n) is 2.24. The van der Waals surface area contributed by atoms with Gasteiger partial charge in [-0.1, -0.05) is 18.2 Å². The topological polar surface area (TPSA) is 26.3 Å². The maximum Gasteiger partial charge on any atom is 0.417 e. The van der Waals surface area contributed by atoms with Gasteiger partial charge in [0.25, 0.3) is 0 Å². The summed E-state index contributed by atoms with van der Waals surface area (Å²) in [6.07, 6.45) is -3.12. The molecule has 84 valence electrons. The average molecular weight is 228 g/mol. The fourth-order valence-corrected chi connectivity index (χ4v) is 1.55. The quantitative estimate of drug-likeness (QED) is 0.690. The molecule has 1 aromatic carbocycles. The predicted octanol–water partition coefficient (Wildman–Crippen LogP) is 2.65. The predicted molar refractivity (Wildman–Crippen MR) is 50.4 cm³/mol. The number of carbonyl (C=O) groups is 1. The summed E-state index contributed by atoms with van der Waals surface area (Å²) in [6.45, 7) is 0.0281. The SMILES string of the molecule is O=C1OCC=C1c1ccccc1C(F)(F)F. The van der Waals surface area contributed by atoms with Crippen molar-refractivity contribution in [1.82, 2.24) is 0 Å². The van der Waals surface area contributed by atoms with E-state index in [0.717, 1.165) is 6.07 Å². The van der Waals surface area contributed by atoms with E-state index in [1.165, 1.54) is 24.3 Å². The Kier molecular flexibility index (Phi) is 2.46. The standard InChI is InChI=1S/C11H7F3O2/c12-11(13,14)9-4-2-1-3-7(9)8-5-6-16-10(8)15/h1-5H,6H2. The molecule has 0 atom stereocenters. The Morgan fingerprint density at radius 2 is 1.88 bits per heavy atom. The van der Waals surface area contributed by atoms with Gasteiger partial charge in [-0.15, -0.1) is 0 Å². The molecule has 1 heterocycles. The van der Waals surface area contributed by atoms with Crippen LogP contribution in [0.3, 0.4) is 0 Å². The lowest BCUT2D eigenvalue weighted by molar-refractivity contribution is -0.137. The van der Waals surface area contributed by atoms with Crippen molar-refractivity contribution < 1.29 is 22.7 Å². The Labute approximate surface area is 89.3 Å². The zero-order valence-corrected chi connectivity index (χ0v) is 8.04. The molecule has 0 saturated carbocycles. The van der Waals surface area contributed by atoms with E-state index in [1.807, 2.05) is 0 Å². The largest absolute Gasteiger partial charge is 0.458 e. The second kappa shape index (κ2) is 3.66. The third-order valence-corrected chi connectivity index (χ3v) is 2.24. The van der Waals surface area contributed by atoms with Crippen molar-refractivity contribution in [1.29, 1.82) is 0 Å². The fourth-order valence-electron chi connectivity index (χ4n) is 1.55. The second-order valence-electron chi connectivity index (χ2n) is 3.26. The Hall–Kier alpha value is -1.78. The lowest BCUT2D eigenvalue weighted by Crippen LogP contribution is -2.10. The Bertz CT molecular complexity index is 461. The maximum atomic E-state index is 12.6. The van der Waals surface area contributed by atoms with Crippen LogP contribution in [0.2, 0.25) is 0 Å². The first-order valence-corrected chi connectivity index (χ1v) is 4.54. The van der Waals surface area contributed by atoms with Gasteiger partial charge in [-0.3, -0.25) is 0 Å². The van der Waals surface area contributed by atoms with Gasteiger partial charge in [0.1, 0.15) is 6.61 Å². The molecule has 0 fully saturated rings. The van der Waals surface area contributed by atoms with Crippen LogP contribution in [0.25, 0.3) is 5.57 Å². The average Bonchev–Trinajstić information content (AvgIpc) is 2.63. The van der Waals surface area contributed by atoms with Crippen LogP contribution in [-0.2, 0) is 15.7 Å². The molecule has 5 heteroatoms. The molecule has 0 aliphatic carbocycles. The highest BCUT2D eigenvalue weighted by Crippen LogP contribution is 2.35. The molecule has 0 N–H and O–H groups in total. The Balaban J connectivity index is 2.53. The molecular formula is C11H7F3O2. The van der Waals surface area contributed by atoms with Crippen LogP contribution in [0.15, 0.2) is 30.3 Å². The molecule has 2 nitrogen and oxygen atoms in total. The summed E-state index contributed by atoms with van der Waals surface area (Å²) in [5.41, 5.74) is -0.967. The van der Waals surface area contributed by atoms with E-state index in [2.05, 4.69) is 4.74 Å². The van der Waals surface area contributed by atoms with E-state index < -0.39 is 17.7 Å². The van der Waals surface area contributed by atoms with Crippen LogP contribution < -0.4 is 0 Å². The van der Waals surface area contributed by atoms with Crippen LogP contribution in [0, 0.1) is 0 Å². The number of ether oxygens (including phenoxy) is 1. The smallest absolute Gasteiger partial charge is 0.417 e. The molecule has 1 aliphatic heterocycles. The van der Waals surface area contributed by atoms with Crippen LogP contribution in [0.4, 0.5) is 13.2 Å². The molecule has 0 unspecified atom stereocenters. The molecule has 2 rings (SSSR count). The normalized spacial score (nSPS) is 15.9. The van der Waals surface area contributed by atoms with Gasteiger partial charge in [0, 0.05) is 5.56 Å². The fraction of sp³-hybridized carbons (Fsp3) is 0.182. The van der Waals surface area contributed by atoms with Gasteiger partial charge < -0.3 is 4.74 Å². The zero-order valence-electron chi connectivity index (χ0n) is 8.04. The number of carbonyl (C=O) groups excluding carboxylic acids is 1. The Morgan fingerprint density at radius 1 is 1.19 bits per heavy atom. The van der Waals surface area contributed by atoms with Crippen molar-refractivity contribution in [3.05, 3.63) is 41.5 Å². The number of rotatable bonds is 1. The summed E-state index contributed by atoms with van der Waals surface area (Å²) >= 11 is 0. The number of halogens is 3. The molecule has 0 spiro atoms. The second-order valence-corrected chi connectivity index (χ2v) is 3.26. The lowest BCUT2D eigenvalue weighted by Gasteiger charge is -2.11. The first-order valence-electron chi connectivity index (χ1n) is 4.54. The van der Waals surface area contributed by atoms with Crippen molar-refractivity contribution in [2.45, 2.75) is 6.18 Å². The summed E-state index contributed by atoms with van der Waals surface area (Å²) in [7, 11) is 0. The molecule has 16 heavy (non-hydrogen) atoms. The highest BCUT2D eigenvalue weighted by Gasteiger charge is 2.35. The van der Waals surface area contributed by atoms with Crippen molar-refractivity contribution >= 4 is 11.5 Å². The third kappa shape index (κ3) is 1.80. The van der Waals surface area contributed by atoms with Crippen LogP contribution in [-0.4, -0.2) is 12.6 Å². The number of esters is 1. The minimum atomic E-state index is -4.47. The van der Waals surface area contributed by atoms with Gasteiger partial charge >= 0.3 is 12.1 Å². The van der Waals surface area contributed by atoms with E-state index in [1.54, 1.807) is 0 Å². The summed E-state index contributed by atoms with van der Waals surface area (Å²) in [4.78, 5) is 11.2. The molecule has 1 aromatic rings. The van der Waals surface area contributed by atoms with Crippen LogP contribution >= 0.6 is 0 Å². The summed E-state index contributed by atoms with van der Waals surface area (Å²) in [6, 6.07) is 4.95. The minimum absolute atomic E-state index is 0.0204. The van der Waals surface area contributed by atoms with Gasteiger partial charge in [-0.25, -0.2) is 4.79 Å². The number of cyclic esters (lactones) is 1. The van der Waals surface area contributed by atoms with Gasteiger partial charge in [0.15, 0.2) is 0 Å². The molecular weight excluding hydrogens is 221 g/mol. The number of alkyl halides is 3. The van der Waals surface area contributed by atoms with E-state index in [-0.39, 0.29) is 17.7 Å². The lowest BCUT2D eigenvalue weighted by atomic mass is 10.00. The molecule has 0 radical (unpaired) electrons. The van der Waals surface area contributed by atoms with Crippen molar-refractivity contribution in [2.24, 2.45) is 0 Å². The number of hydrogen-bond donors (Lipinski definition) is 0. The molecule has 0 aromatic heterocycles. The van der Waals surface area contributed by atoms with E-state index in [0.29, 0.717) is 0 Å². The molecule has 0 saturated heterocycles. The summed E-state index contributed by atoms with van der Waals surface area (Å²) < 4.78 is 42.5. The highest BCUT2D eigenvalue weighted by atomic mass is 19.4. The molecule has 1 aliphatic rings. The van der Waals surface area contributed by atoms with Crippen LogP contribution in [0.5, 0.6) is 0 Å². The zero-order chi connectivity index (χ0) is 11.8. The van der Waals surface area contributed by atoms with Crippen molar-refractivity contribution in [3.8, 4) is 0 Å². The van der Waals surface area contributed by atoms with Gasteiger partial charge in [0.2, 0.25) is 0 Å². The van der Waals surface area contributed by atoms with Gasteiger partial charge in [-0.05, 0) is 12.1 Å². The van der Waals surface area contributed by atoms with Crippen molar-refractivity contribution in [2.75, 3.05) is 6.61 Å². The summed E-state index contributed by atoms with van der Waals surface area (Å²) in [5.74, 6) is -0.711. The Morgan fingerprint density at radius 3 is 2.44 bits per heavy atom. The number of benzene rings is 1. The minimum Gasteiger partial charge on any atom is -0.458 e. The highest BCUT2D eigenvalue weighted by molar-refractivity contribution is 6.18. The van der Waals surface area contributed by atoms with E-state index >= 15 is 0 Å². The van der Waals surface area contributed by atoms with Crippen molar-refractivity contribution in [3.63, 3.8) is 0 Å². The maximum absolute atomic E-state index is 12.6. The van der Waals surface area contributed by atoms with Gasteiger partial charge in [0.05, 0.1) is 11.1 Å². The number of hydrogen-bond acceptors (Lipinski definition) is 2. The van der Waals surface area contributed by atoms with E-state index in [4.69, 9.17) is 0 Å². The molecule has 0 bridgehead atoms. The van der Waals surface area contributed by atoms with Gasteiger partial charge in [-0.2, -0.15) is 13.2 Å². The van der Waals surface area contributed by atoms with E-state index in [9.17, 15) is 18.0 Å².